The smallest absolute Gasteiger partial charge is 0.384 e. The van der Waals surface area contributed by atoms with Crippen LogP contribution in [0.3, 0.4) is 0 Å². The van der Waals surface area contributed by atoms with Crippen LogP contribution in [0.4, 0.5) is 18.0 Å². The molecule has 5 nitrogen and oxygen atoms in total. The second-order valence-electron chi connectivity index (χ2n) is 4.79. The Morgan fingerprint density at radius 1 is 1.43 bits per heavy atom. The molecular weight excluding hydrogens is 307 g/mol. The van der Waals surface area contributed by atoms with Gasteiger partial charge in [-0.1, -0.05) is 13.8 Å². The van der Waals surface area contributed by atoms with Gasteiger partial charge in [0.25, 0.3) is 0 Å². The van der Waals surface area contributed by atoms with E-state index in [1.165, 1.54) is 11.3 Å². The number of nitrogens with one attached hydrogen (secondary N) is 2. The van der Waals surface area contributed by atoms with Gasteiger partial charge >= 0.3 is 12.2 Å². The number of hydrogen-bond acceptors (Lipinski definition) is 4. The van der Waals surface area contributed by atoms with E-state index < -0.39 is 24.7 Å². The summed E-state index contributed by atoms with van der Waals surface area (Å²) < 4.78 is 36.1. The summed E-state index contributed by atoms with van der Waals surface area (Å²) in [5.41, 5.74) is 0.703. The lowest BCUT2D eigenvalue weighted by Crippen LogP contribution is -2.38. The minimum Gasteiger partial charge on any atom is -0.384 e. The fraction of sp³-hybridized carbons (Fsp3) is 0.667. The van der Waals surface area contributed by atoms with Gasteiger partial charge in [-0.2, -0.15) is 13.2 Å². The molecule has 0 aliphatic carbocycles. The molecule has 0 aromatic carbocycles. The number of halogens is 3. The molecular formula is C12H18F3N3O2S. The van der Waals surface area contributed by atoms with Gasteiger partial charge in [0.15, 0.2) is 6.10 Å². The zero-order chi connectivity index (χ0) is 16.0. The molecule has 3 N–H and O–H groups in total. The van der Waals surface area contributed by atoms with E-state index in [-0.39, 0.29) is 13.1 Å². The molecule has 0 aliphatic rings. The van der Waals surface area contributed by atoms with Crippen molar-refractivity contribution in [2.24, 2.45) is 0 Å². The number of carbonyl (C=O) groups is 1. The van der Waals surface area contributed by atoms with Crippen molar-refractivity contribution in [3.05, 3.63) is 16.1 Å². The largest absolute Gasteiger partial charge is 0.414 e. The minimum atomic E-state index is -4.66. The molecule has 1 heterocycles. The van der Waals surface area contributed by atoms with Crippen LogP contribution < -0.4 is 10.6 Å². The minimum absolute atomic E-state index is 0.205. The summed E-state index contributed by atoms with van der Waals surface area (Å²) in [6, 6.07) is -0.594. The van der Waals surface area contributed by atoms with Crippen molar-refractivity contribution < 1.29 is 23.1 Å². The number of carbonyl (C=O) groups excluding carboxylic acids is 1. The third-order valence-electron chi connectivity index (χ3n) is 2.57. The van der Waals surface area contributed by atoms with Crippen LogP contribution >= 0.6 is 11.3 Å². The monoisotopic (exact) mass is 325 g/mol. The highest BCUT2D eigenvalue weighted by atomic mass is 32.1. The maximum Gasteiger partial charge on any atom is 0.414 e. The van der Waals surface area contributed by atoms with E-state index in [0.29, 0.717) is 11.6 Å². The molecule has 9 heteroatoms. The Labute approximate surface area is 124 Å². The Morgan fingerprint density at radius 2 is 2.10 bits per heavy atom. The molecule has 120 valence electrons. The molecule has 2 amide bonds. The maximum atomic E-state index is 12.0. The van der Waals surface area contributed by atoms with E-state index in [0.717, 1.165) is 5.01 Å². The first-order valence-electron chi connectivity index (χ1n) is 6.41. The molecule has 21 heavy (non-hydrogen) atoms. The van der Waals surface area contributed by atoms with Crippen LogP contribution in [0.15, 0.2) is 5.38 Å². The number of aromatic nitrogens is 1. The molecule has 1 aromatic heterocycles. The van der Waals surface area contributed by atoms with E-state index in [4.69, 9.17) is 5.11 Å². The lowest BCUT2D eigenvalue weighted by atomic mass is 10.2. The second kappa shape index (κ2) is 7.60. The number of rotatable bonds is 6. The Bertz CT molecular complexity index is 463. The number of aliphatic hydroxyl groups is 1. The summed E-state index contributed by atoms with van der Waals surface area (Å²) in [6.45, 7) is 3.96. The molecule has 0 radical (unpaired) electrons. The lowest BCUT2D eigenvalue weighted by molar-refractivity contribution is -0.204. The number of amides is 2. The van der Waals surface area contributed by atoms with Crippen LogP contribution in [-0.2, 0) is 6.54 Å². The molecule has 1 rings (SSSR count). The van der Waals surface area contributed by atoms with Crippen LogP contribution in [0.2, 0.25) is 0 Å². The second-order valence-corrected chi connectivity index (χ2v) is 5.68. The first-order chi connectivity index (χ1) is 9.70. The standard InChI is InChI=1S/C12H18F3N3O2S/c1-7(2)10-18-8(6-21-10)5-17-11(20)16-4-3-9(19)12(13,14)15/h6-7,9,19H,3-5H2,1-2H3,(H2,16,17,20)/t9-/m0/s1. The van der Waals surface area contributed by atoms with Crippen LogP contribution in [0, 0.1) is 0 Å². The third-order valence-corrected chi connectivity index (χ3v) is 3.77. The van der Waals surface area contributed by atoms with Gasteiger partial charge in [0.05, 0.1) is 17.2 Å². The Morgan fingerprint density at radius 3 is 2.62 bits per heavy atom. The van der Waals surface area contributed by atoms with Gasteiger partial charge in [0, 0.05) is 17.8 Å². The van der Waals surface area contributed by atoms with Gasteiger partial charge in [-0.15, -0.1) is 11.3 Å². The molecule has 0 spiro atoms. The summed E-state index contributed by atoms with van der Waals surface area (Å²) in [7, 11) is 0. The predicted octanol–water partition coefficient (Wildman–Crippen LogP) is 2.38. The van der Waals surface area contributed by atoms with E-state index in [9.17, 15) is 18.0 Å². The molecule has 0 aliphatic heterocycles. The van der Waals surface area contributed by atoms with Gasteiger partial charge in [-0.05, 0) is 6.42 Å². The topological polar surface area (TPSA) is 74.2 Å². The van der Waals surface area contributed by atoms with Crippen molar-refractivity contribution in [3.8, 4) is 0 Å². The first-order valence-corrected chi connectivity index (χ1v) is 7.29. The van der Waals surface area contributed by atoms with Crippen molar-refractivity contribution in [2.45, 2.75) is 45.0 Å². The summed E-state index contributed by atoms with van der Waals surface area (Å²) in [5.74, 6) is 0.307. The Balaban J connectivity index is 2.25. The van der Waals surface area contributed by atoms with E-state index in [1.807, 2.05) is 19.2 Å². The zero-order valence-corrected chi connectivity index (χ0v) is 12.5. The number of hydrogen-bond donors (Lipinski definition) is 3. The highest BCUT2D eigenvalue weighted by Crippen LogP contribution is 2.21. The molecule has 1 atom stereocenters. The summed E-state index contributed by atoms with van der Waals surface area (Å²) >= 11 is 1.49. The molecule has 0 saturated heterocycles. The van der Waals surface area contributed by atoms with Crippen molar-refractivity contribution in [1.82, 2.24) is 15.6 Å². The highest BCUT2D eigenvalue weighted by molar-refractivity contribution is 7.09. The molecule has 0 saturated carbocycles. The molecule has 1 aromatic rings. The molecule has 0 fully saturated rings. The number of alkyl halides is 3. The summed E-state index contributed by atoms with van der Waals surface area (Å²) in [4.78, 5) is 15.7. The van der Waals surface area contributed by atoms with Crippen molar-refractivity contribution >= 4 is 17.4 Å². The fourth-order valence-electron chi connectivity index (χ4n) is 1.39. The van der Waals surface area contributed by atoms with Gasteiger partial charge in [-0.25, -0.2) is 9.78 Å². The fourth-order valence-corrected chi connectivity index (χ4v) is 2.22. The number of urea groups is 1. The summed E-state index contributed by atoms with van der Waals surface area (Å²) in [6.07, 6.45) is -7.66. The zero-order valence-electron chi connectivity index (χ0n) is 11.7. The average molecular weight is 325 g/mol. The number of thiazole rings is 1. The number of aliphatic hydroxyl groups excluding tert-OH is 1. The van der Waals surface area contributed by atoms with Crippen molar-refractivity contribution in [1.29, 1.82) is 0 Å². The van der Waals surface area contributed by atoms with Crippen LogP contribution in [-0.4, -0.2) is 34.9 Å². The highest BCUT2D eigenvalue weighted by Gasteiger charge is 2.37. The van der Waals surface area contributed by atoms with Crippen LogP contribution in [0.25, 0.3) is 0 Å². The normalized spacial score (nSPS) is 13.3. The first kappa shape index (κ1) is 17.7. The Kier molecular flexibility index (Phi) is 6.41. The van der Waals surface area contributed by atoms with Gasteiger partial charge < -0.3 is 15.7 Å². The predicted molar refractivity (Wildman–Crippen MR) is 73.1 cm³/mol. The van der Waals surface area contributed by atoms with Gasteiger partial charge in [0.2, 0.25) is 0 Å². The van der Waals surface area contributed by atoms with E-state index in [1.54, 1.807) is 0 Å². The van der Waals surface area contributed by atoms with Crippen LogP contribution in [0.1, 0.15) is 36.9 Å². The average Bonchev–Trinajstić information content (AvgIpc) is 2.84. The lowest BCUT2D eigenvalue weighted by Gasteiger charge is -2.14. The maximum absolute atomic E-state index is 12.0. The SMILES string of the molecule is CC(C)c1nc(CNC(=O)NCC[C@H](O)C(F)(F)F)cs1. The van der Waals surface area contributed by atoms with Gasteiger partial charge in [-0.3, -0.25) is 0 Å². The number of nitrogens with zero attached hydrogens (tertiary/aromatic N) is 1. The van der Waals surface area contributed by atoms with Gasteiger partial charge in [0.1, 0.15) is 0 Å². The van der Waals surface area contributed by atoms with Crippen molar-refractivity contribution in [3.63, 3.8) is 0 Å². The van der Waals surface area contributed by atoms with Crippen molar-refractivity contribution in [2.75, 3.05) is 6.54 Å². The summed E-state index contributed by atoms with van der Waals surface area (Å²) in [5, 5.41) is 16.3. The molecule has 0 bridgehead atoms. The van der Waals surface area contributed by atoms with E-state index in [2.05, 4.69) is 15.6 Å². The van der Waals surface area contributed by atoms with Crippen LogP contribution in [0.5, 0.6) is 0 Å². The molecule has 0 unspecified atom stereocenters. The quantitative estimate of drug-likeness (QED) is 0.752. The third kappa shape index (κ3) is 6.30. The van der Waals surface area contributed by atoms with E-state index >= 15 is 0 Å². The Hall–Kier alpha value is -1.35.